The molecule has 2 N–H and O–H groups in total. The molecule has 1 fully saturated rings. The number of piperidine rings is 1. The Kier molecular flexibility index (Phi) is 5.65. The first-order valence-corrected chi connectivity index (χ1v) is 10.3. The fourth-order valence-corrected chi connectivity index (χ4v) is 3.99. The van der Waals surface area contributed by atoms with Crippen molar-refractivity contribution >= 4 is 17.3 Å². The van der Waals surface area contributed by atoms with Crippen molar-refractivity contribution in [1.29, 1.82) is 0 Å². The molecule has 1 aliphatic rings. The van der Waals surface area contributed by atoms with Crippen LogP contribution in [0.2, 0.25) is 0 Å². The van der Waals surface area contributed by atoms with E-state index in [9.17, 15) is 4.79 Å². The van der Waals surface area contributed by atoms with Crippen molar-refractivity contribution in [2.45, 2.75) is 33.1 Å². The summed E-state index contributed by atoms with van der Waals surface area (Å²) >= 11 is 0. The highest BCUT2D eigenvalue weighted by Gasteiger charge is 2.16. The normalized spacial score (nSPS) is 16.6. The zero-order valence-electron chi connectivity index (χ0n) is 17.1. The summed E-state index contributed by atoms with van der Waals surface area (Å²) in [5.41, 5.74) is 4.62. The van der Waals surface area contributed by atoms with Gasteiger partial charge < -0.3 is 10.2 Å². The standard InChI is InChI=1S/C24H28N4O/c1-17-7-6-14-28(16-17)21-12-10-20(11-13-21)26-24-25-18(2)22(23(29)27-24)15-19-8-4-3-5-9-19/h3-5,8-13,17H,6-7,14-16H2,1-2H3,(H2,25,26,27,29). The van der Waals surface area contributed by atoms with E-state index >= 15 is 0 Å². The number of hydrogen-bond donors (Lipinski definition) is 2. The van der Waals surface area contributed by atoms with Gasteiger partial charge in [0.2, 0.25) is 5.95 Å². The molecule has 2 heterocycles. The van der Waals surface area contributed by atoms with Crippen molar-refractivity contribution in [1.82, 2.24) is 9.97 Å². The lowest BCUT2D eigenvalue weighted by Crippen LogP contribution is -2.34. The molecule has 4 rings (SSSR count). The minimum absolute atomic E-state index is 0.0947. The van der Waals surface area contributed by atoms with Crippen LogP contribution in [0.25, 0.3) is 0 Å². The molecule has 150 valence electrons. The molecule has 1 unspecified atom stereocenters. The number of nitrogens with one attached hydrogen (secondary N) is 2. The van der Waals surface area contributed by atoms with Gasteiger partial charge in [0.1, 0.15) is 0 Å². The molecule has 0 bridgehead atoms. The maximum absolute atomic E-state index is 12.6. The highest BCUT2D eigenvalue weighted by Crippen LogP contribution is 2.25. The lowest BCUT2D eigenvalue weighted by atomic mass is 10.00. The fraction of sp³-hybridized carbons (Fsp3) is 0.333. The van der Waals surface area contributed by atoms with Crippen LogP contribution >= 0.6 is 0 Å². The van der Waals surface area contributed by atoms with Crippen molar-refractivity contribution in [3.8, 4) is 0 Å². The van der Waals surface area contributed by atoms with Crippen LogP contribution in [-0.4, -0.2) is 23.1 Å². The van der Waals surface area contributed by atoms with Gasteiger partial charge >= 0.3 is 0 Å². The van der Waals surface area contributed by atoms with Gasteiger partial charge in [0, 0.05) is 36.4 Å². The van der Waals surface area contributed by atoms with E-state index < -0.39 is 0 Å². The summed E-state index contributed by atoms with van der Waals surface area (Å²) in [4.78, 5) is 22.5. The number of hydrogen-bond acceptors (Lipinski definition) is 4. The van der Waals surface area contributed by atoms with Crippen LogP contribution in [-0.2, 0) is 6.42 Å². The quantitative estimate of drug-likeness (QED) is 0.668. The molecule has 5 nitrogen and oxygen atoms in total. The smallest absolute Gasteiger partial charge is 0.256 e. The van der Waals surface area contributed by atoms with Crippen LogP contribution in [0.3, 0.4) is 0 Å². The van der Waals surface area contributed by atoms with Crippen molar-refractivity contribution in [3.05, 3.63) is 81.8 Å². The van der Waals surface area contributed by atoms with Gasteiger partial charge in [-0.2, -0.15) is 0 Å². The maximum Gasteiger partial charge on any atom is 0.256 e. The summed E-state index contributed by atoms with van der Waals surface area (Å²) in [5, 5.41) is 3.23. The average molecular weight is 389 g/mol. The number of aromatic amines is 1. The Morgan fingerprint density at radius 2 is 1.90 bits per heavy atom. The number of rotatable bonds is 5. The lowest BCUT2D eigenvalue weighted by Gasteiger charge is -2.32. The topological polar surface area (TPSA) is 61.0 Å². The molecule has 1 saturated heterocycles. The van der Waals surface area contributed by atoms with E-state index in [2.05, 4.69) is 39.2 Å². The van der Waals surface area contributed by atoms with E-state index in [0.717, 1.165) is 36.0 Å². The number of aromatic nitrogens is 2. The minimum Gasteiger partial charge on any atom is -0.371 e. The van der Waals surface area contributed by atoms with Crippen molar-refractivity contribution in [2.75, 3.05) is 23.3 Å². The Labute approximate surface area is 171 Å². The summed E-state index contributed by atoms with van der Waals surface area (Å²) in [5.74, 6) is 1.22. The molecule has 29 heavy (non-hydrogen) atoms. The number of benzene rings is 2. The fourth-order valence-electron chi connectivity index (χ4n) is 3.99. The monoisotopic (exact) mass is 388 g/mol. The molecule has 0 saturated carbocycles. The molecule has 1 aromatic heterocycles. The van der Waals surface area contributed by atoms with E-state index in [1.54, 1.807) is 0 Å². The molecular weight excluding hydrogens is 360 g/mol. The van der Waals surface area contributed by atoms with E-state index in [-0.39, 0.29) is 5.56 Å². The predicted octanol–water partition coefficient (Wildman–Crippen LogP) is 4.65. The number of H-pyrrole nitrogens is 1. The van der Waals surface area contributed by atoms with Crippen molar-refractivity contribution in [2.24, 2.45) is 5.92 Å². The molecular formula is C24H28N4O. The molecule has 1 atom stereocenters. The molecule has 0 amide bonds. The van der Waals surface area contributed by atoms with Gasteiger partial charge in [0.15, 0.2) is 0 Å². The summed E-state index contributed by atoms with van der Waals surface area (Å²) in [7, 11) is 0. The van der Waals surface area contributed by atoms with Crippen LogP contribution in [0.5, 0.6) is 0 Å². The molecule has 0 radical (unpaired) electrons. The number of anilines is 3. The lowest BCUT2D eigenvalue weighted by molar-refractivity contribution is 0.447. The third kappa shape index (κ3) is 4.67. The zero-order chi connectivity index (χ0) is 20.2. The molecule has 0 aliphatic carbocycles. The van der Waals surface area contributed by atoms with Gasteiger partial charge in [-0.05, 0) is 55.5 Å². The van der Waals surface area contributed by atoms with Crippen molar-refractivity contribution < 1.29 is 0 Å². The second-order valence-corrected chi connectivity index (χ2v) is 8.01. The van der Waals surface area contributed by atoms with E-state index in [1.165, 1.54) is 18.5 Å². The molecule has 1 aliphatic heterocycles. The summed E-state index contributed by atoms with van der Waals surface area (Å²) < 4.78 is 0. The third-order valence-electron chi connectivity index (χ3n) is 5.60. The van der Waals surface area contributed by atoms with Crippen molar-refractivity contribution in [3.63, 3.8) is 0 Å². The number of aryl methyl sites for hydroxylation is 1. The largest absolute Gasteiger partial charge is 0.371 e. The first-order chi connectivity index (χ1) is 14.1. The summed E-state index contributed by atoms with van der Waals surface area (Å²) in [6.07, 6.45) is 3.15. The van der Waals surface area contributed by atoms with E-state index in [4.69, 9.17) is 0 Å². The van der Waals surface area contributed by atoms with Gasteiger partial charge in [0.25, 0.3) is 5.56 Å². The van der Waals surface area contributed by atoms with Gasteiger partial charge in [-0.25, -0.2) is 4.98 Å². The Morgan fingerprint density at radius 1 is 1.14 bits per heavy atom. The Bertz CT molecular complexity index is 1010. The van der Waals surface area contributed by atoms with Gasteiger partial charge in [0.05, 0.1) is 5.69 Å². The molecule has 2 aromatic carbocycles. The van der Waals surface area contributed by atoms with Crippen LogP contribution in [0.4, 0.5) is 17.3 Å². The third-order valence-corrected chi connectivity index (χ3v) is 5.60. The Morgan fingerprint density at radius 3 is 2.59 bits per heavy atom. The molecule has 3 aromatic rings. The average Bonchev–Trinajstić information content (AvgIpc) is 2.72. The maximum atomic E-state index is 12.6. The first kappa shape index (κ1) is 19.2. The van der Waals surface area contributed by atoms with Crippen LogP contribution < -0.4 is 15.8 Å². The number of nitrogens with zero attached hydrogens (tertiary/aromatic N) is 2. The molecule has 0 spiro atoms. The molecule has 5 heteroatoms. The predicted molar refractivity (Wildman–Crippen MR) is 119 cm³/mol. The van der Waals surface area contributed by atoms with E-state index in [1.807, 2.05) is 49.4 Å². The van der Waals surface area contributed by atoms with Crippen LogP contribution in [0.1, 0.15) is 36.6 Å². The van der Waals surface area contributed by atoms with Crippen LogP contribution in [0.15, 0.2) is 59.4 Å². The van der Waals surface area contributed by atoms with Gasteiger partial charge in [-0.15, -0.1) is 0 Å². The van der Waals surface area contributed by atoms with Gasteiger partial charge in [-0.1, -0.05) is 37.3 Å². The summed E-state index contributed by atoms with van der Waals surface area (Å²) in [6, 6.07) is 18.3. The highest BCUT2D eigenvalue weighted by atomic mass is 16.1. The van der Waals surface area contributed by atoms with Crippen LogP contribution in [0, 0.1) is 12.8 Å². The minimum atomic E-state index is -0.0947. The highest BCUT2D eigenvalue weighted by molar-refractivity contribution is 5.59. The second-order valence-electron chi connectivity index (χ2n) is 8.01. The van der Waals surface area contributed by atoms with Gasteiger partial charge in [-0.3, -0.25) is 9.78 Å². The first-order valence-electron chi connectivity index (χ1n) is 10.3. The van der Waals surface area contributed by atoms with E-state index in [0.29, 0.717) is 17.9 Å². The zero-order valence-corrected chi connectivity index (χ0v) is 17.1. The Balaban J connectivity index is 1.47. The Hall–Kier alpha value is -3.08. The SMILES string of the molecule is Cc1nc(Nc2ccc(N3CCCC(C)C3)cc2)[nH]c(=O)c1Cc1ccccc1. The second kappa shape index (κ2) is 8.52. The summed E-state index contributed by atoms with van der Waals surface area (Å²) in [6.45, 7) is 6.44.